The van der Waals surface area contributed by atoms with Crippen molar-refractivity contribution in [2.45, 2.75) is 12.5 Å². The molecule has 3 aromatic rings. The van der Waals surface area contributed by atoms with Crippen molar-refractivity contribution in [3.05, 3.63) is 69.0 Å². The summed E-state index contributed by atoms with van der Waals surface area (Å²) in [5, 5.41) is 1.14. The molecule has 2 heterocycles. The van der Waals surface area contributed by atoms with Crippen molar-refractivity contribution in [1.29, 1.82) is 0 Å². The van der Waals surface area contributed by atoms with Crippen LogP contribution in [0.5, 0.6) is 0 Å². The molecule has 0 saturated heterocycles. The Bertz CT molecular complexity index is 784. The number of pyridine rings is 2. The van der Waals surface area contributed by atoms with Crippen LogP contribution < -0.4 is 5.73 Å². The van der Waals surface area contributed by atoms with E-state index in [-0.39, 0.29) is 6.04 Å². The highest BCUT2D eigenvalue weighted by Gasteiger charge is 2.14. The van der Waals surface area contributed by atoms with Gasteiger partial charge in [-0.15, -0.1) is 0 Å². The first-order valence-corrected chi connectivity index (χ1v) is 8.13. The Morgan fingerprint density at radius 2 is 1.90 bits per heavy atom. The molecule has 3 nitrogen and oxygen atoms in total. The second-order valence-corrected chi connectivity index (χ2v) is 6.59. The molecule has 3 rings (SSSR count). The second kappa shape index (κ2) is 6.22. The molecule has 0 aliphatic heterocycles. The van der Waals surface area contributed by atoms with Crippen LogP contribution in [0.15, 0.2) is 57.7 Å². The first-order valence-electron chi connectivity index (χ1n) is 6.54. The van der Waals surface area contributed by atoms with Gasteiger partial charge in [-0.1, -0.05) is 18.2 Å². The van der Waals surface area contributed by atoms with Crippen LogP contribution in [0.4, 0.5) is 0 Å². The average Bonchev–Trinajstić information content (AvgIpc) is 2.47. The lowest BCUT2D eigenvalue weighted by atomic mass is 10.0. The summed E-state index contributed by atoms with van der Waals surface area (Å²) in [7, 11) is 0. The van der Waals surface area contributed by atoms with Gasteiger partial charge in [0.15, 0.2) is 0 Å². The molecule has 2 N–H and O–H groups in total. The maximum absolute atomic E-state index is 6.34. The van der Waals surface area contributed by atoms with E-state index in [0.717, 1.165) is 32.0 Å². The number of rotatable bonds is 3. The predicted octanol–water partition coefficient (Wildman–Crippen LogP) is 4.40. The van der Waals surface area contributed by atoms with Crippen molar-refractivity contribution in [2.75, 3.05) is 0 Å². The largest absolute Gasteiger partial charge is 0.322 e. The molecule has 0 saturated carbocycles. The summed E-state index contributed by atoms with van der Waals surface area (Å²) in [4.78, 5) is 8.80. The number of hydrogen-bond acceptors (Lipinski definition) is 3. The van der Waals surface area contributed by atoms with Gasteiger partial charge in [0.05, 0.1) is 17.3 Å². The van der Waals surface area contributed by atoms with Gasteiger partial charge in [-0.25, -0.2) is 0 Å². The summed E-state index contributed by atoms with van der Waals surface area (Å²) < 4.78 is 1.85. The maximum atomic E-state index is 6.34. The van der Waals surface area contributed by atoms with E-state index in [4.69, 9.17) is 5.73 Å². The molecule has 0 spiro atoms. The van der Waals surface area contributed by atoms with E-state index in [1.54, 1.807) is 6.20 Å². The summed E-state index contributed by atoms with van der Waals surface area (Å²) in [5.41, 5.74) is 9.38. The molecule has 0 aliphatic carbocycles. The lowest BCUT2D eigenvalue weighted by molar-refractivity contribution is 0.694. The lowest BCUT2D eigenvalue weighted by Crippen LogP contribution is -2.16. The van der Waals surface area contributed by atoms with Crippen LogP contribution in [0.2, 0.25) is 0 Å². The number of nitrogens with two attached hydrogens (primary N) is 1. The van der Waals surface area contributed by atoms with E-state index in [1.165, 1.54) is 5.56 Å². The first-order chi connectivity index (χ1) is 10.1. The predicted molar refractivity (Wildman–Crippen MR) is 92.0 cm³/mol. The summed E-state index contributed by atoms with van der Waals surface area (Å²) in [6.45, 7) is 0. The minimum absolute atomic E-state index is 0.168. The number of para-hydroxylation sites is 1. The van der Waals surface area contributed by atoms with E-state index < -0.39 is 0 Å². The molecule has 0 radical (unpaired) electrons. The van der Waals surface area contributed by atoms with Crippen LogP contribution in [-0.2, 0) is 6.42 Å². The van der Waals surface area contributed by atoms with Crippen LogP contribution in [0.3, 0.4) is 0 Å². The quantitative estimate of drug-likeness (QED) is 0.701. The van der Waals surface area contributed by atoms with Crippen molar-refractivity contribution in [3.8, 4) is 0 Å². The third-order valence-electron chi connectivity index (χ3n) is 3.37. The highest BCUT2D eigenvalue weighted by atomic mass is 79.9. The van der Waals surface area contributed by atoms with Gasteiger partial charge < -0.3 is 5.73 Å². The average molecular weight is 407 g/mol. The molecular formula is C16H13Br2N3. The van der Waals surface area contributed by atoms with Crippen molar-refractivity contribution in [3.63, 3.8) is 0 Å². The van der Waals surface area contributed by atoms with Gasteiger partial charge in [0.25, 0.3) is 0 Å². The molecular weight excluding hydrogens is 394 g/mol. The van der Waals surface area contributed by atoms with E-state index in [9.17, 15) is 0 Å². The fraction of sp³-hybridized carbons (Fsp3) is 0.125. The number of aromatic nitrogens is 2. The Hall–Kier alpha value is -1.30. The molecule has 5 heteroatoms. The Morgan fingerprint density at radius 3 is 2.71 bits per heavy atom. The fourth-order valence-electron chi connectivity index (χ4n) is 2.36. The molecule has 21 heavy (non-hydrogen) atoms. The number of benzene rings is 1. The van der Waals surface area contributed by atoms with Crippen molar-refractivity contribution in [2.24, 2.45) is 5.73 Å². The van der Waals surface area contributed by atoms with Crippen LogP contribution in [0.1, 0.15) is 17.3 Å². The van der Waals surface area contributed by atoms with Crippen LogP contribution in [0.25, 0.3) is 10.9 Å². The molecule has 0 aliphatic rings. The third kappa shape index (κ3) is 3.15. The van der Waals surface area contributed by atoms with E-state index >= 15 is 0 Å². The van der Waals surface area contributed by atoms with Gasteiger partial charge in [-0.3, -0.25) is 9.97 Å². The zero-order chi connectivity index (χ0) is 14.8. The number of fused-ring (bicyclic) bond motifs is 1. The number of nitrogens with zero attached hydrogens (tertiary/aromatic N) is 2. The topological polar surface area (TPSA) is 51.8 Å². The van der Waals surface area contributed by atoms with Crippen LogP contribution in [0, 0.1) is 0 Å². The Balaban J connectivity index is 1.94. The SMILES string of the molecule is NC(Cc1ccnc2ccccc12)c1ncc(Br)cc1Br. The zero-order valence-electron chi connectivity index (χ0n) is 11.1. The van der Waals surface area contributed by atoms with Gasteiger partial charge in [-0.2, -0.15) is 0 Å². The standard InChI is InChI=1S/C16H13Br2N3/c17-11-8-13(18)16(21-9-11)14(19)7-10-5-6-20-15-4-2-1-3-12(10)15/h1-6,8-9,14H,7,19H2. The van der Waals surface area contributed by atoms with Gasteiger partial charge in [0.2, 0.25) is 0 Å². The summed E-state index contributed by atoms with van der Waals surface area (Å²) >= 11 is 6.93. The molecule has 0 amide bonds. The highest BCUT2D eigenvalue weighted by molar-refractivity contribution is 9.11. The molecule has 2 aromatic heterocycles. The Morgan fingerprint density at radius 1 is 1.10 bits per heavy atom. The van der Waals surface area contributed by atoms with Crippen molar-refractivity contribution in [1.82, 2.24) is 9.97 Å². The Labute approximate surface area is 139 Å². The smallest absolute Gasteiger partial charge is 0.0716 e. The molecule has 0 bridgehead atoms. The third-order valence-corrected chi connectivity index (χ3v) is 4.44. The molecule has 1 aromatic carbocycles. The van der Waals surface area contributed by atoms with Gasteiger partial charge in [0, 0.05) is 26.7 Å². The second-order valence-electron chi connectivity index (χ2n) is 4.82. The molecule has 1 atom stereocenters. The number of hydrogen-bond donors (Lipinski definition) is 1. The minimum atomic E-state index is -0.168. The van der Waals surface area contributed by atoms with E-state index in [1.807, 2.05) is 36.5 Å². The summed E-state index contributed by atoms with van der Waals surface area (Å²) in [6.07, 6.45) is 4.31. The van der Waals surface area contributed by atoms with Crippen LogP contribution >= 0.6 is 31.9 Å². The first kappa shape index (κ1) is 14.6. The molecule has 0 fully saturated rings. The van der Waals surface area contributed by atoms with Gasteiger partial charge >= 0.3 is 0 Å². The maximum Gasteiger partial charge on any atom is 0.0716 e. The summed E-state index contributed by atoms with van der Waals surface area (Å²) in [5.74, 6) is 0. The van der Waals surface area contributed by atoms with Crippen molar-refractivity contribution < 1.29 is 0 Å². The zero-order valence-corrected chi connectivity index (χ0v) is 14.3. The monoisotopic (exact) mass is 405 g/mol. The number of halogens is 2. The molecule has 1 unspecified atom stereocenters. The highest BCUT2D eigenvalue weighted by Crippen LogP contribution is 2.27. The lowest BCUT2D eigenvalue weighted by Gasteiger charge is -2.14. The summed E-state index contributed by atoms with van der Waals surface area (Å²) in [6, 6.07) is 11.9. The van der Waals surface area contributed by atoms with Crippen LogP contribution in [-0.4, -0.2) is 9.97 Å². The van der Waals surface area contributed by atoms with E-state index in [2.05, 4.69) is 47.9 Å². The van der Waals surface area contributed by atoms with Gasteiger partial charge in [0.1, 0.15) is 0 Å². The van der Waals surface area contributed by atoms with Gasteiger partial charge in [-0.05, 0) is 62.0 Å². The van der Waals surface area contributed by atoms with Crippen molar-refractivity contribution >= 4 is 42.8 Å². The molecule has 106 valence electrons. The minimum Gasteiger partial charge on any atom is -0.322 e. The normalized spacial score (nSPS) is 12.5. The fourth-order valence-corrected chi connectivity index (χ4v) is 3.65. The Kier molecular flexibility index (Phi) is 4.33. The van der Waals surface area contributed by atoms with E-state index in [0.29, 0.717) is 0 Å².